The summed E-state index contributed by atoms with van der Waals surface area (Å²) in [6.45, 7) is 1.74. The van der Waals surface area contributed by atoms with Gasteiger partial charge in [-0.3, -0.25) is 9.59 Å². The van der Waals surface area contributed by atoms with Crippen LogP contribution in [0.15, 0.2) is 12.1 Å². The summed E-state index contributed by atoms with van der Waals surface area (Å²) < 4.78 is 5.01. The SMILES string of the molecule is COc1cc(C(N)=O)cc(C=O)c1C. The van der Waals surface area contributed by atoms with Gasteiger partial charge in [0.15, 0.2) is 0 Å². The maximum Gasteiger partial charge on any atom is 0.248 e. The van der Waals surface area contributed by atoms with Crippen LogP contribution in [0.25, 0.3) is 0 Å². The van der Waals surface area contributed by atoms with Crippen molar-refractivity contribution < 1.29 is 14.3 Å². The molecular formula is C10H11NO3. The molecule has 0 aliphatic heterocycles. The molecule has 0 radical (unpaired) electrons. The molecule has 1 rings (SSSR count). The lowest BCUT2D eigenvalue weighted by atomic mass is 10.0. The zero-order valence-electron chi connectivity index (χ0n) is 8.03. The Morgan fingerprint density at radius 1 is 1.50 bits per heavy atom. The average molecular weight is 193 g/mol. The van der Waals surface area contributed by atoms with Crippen LogP contribution in [0.1, 0.15) is 26.3 Å². The van der Waals surface area contributed by atoms with Crippen LogP contribution in [0.4, 0.5) is 0 Å². The van der Waals surface area contributed by atoms with Crippen molar-refractivity contribution in [1.29, 1.82) is 0 Å². The highest BCUT2D eigenvalue weighted by molar-refractivity contribution is 5.95. The molecule has 2 N–H and O–H groups in total. The quantitative estimate of drug-likeness (QED) is 0.725. The Morgan fingerprint density at radius 2 is 2.14 bits per heavy atom. The maximum absolute atomic E-state index is 10.9. The van der Waals surface area contributed by atoms with Crippen LogP contribution >= 0.6 is 0 Å². The number of rotatable bonds is 3. The molecule has 0 heterocycles. The Kier molecular flexibility index (Phi) is 2.86. The number of hydrogen-bond donors (Lipinski definition) is 1. The van der Waals surface area contributed by atoms with Crippen molar-refractivity contribution in [2.45, 2.75) is 6.92 Å². The fourth-order valence-electron chi connectivity index (χ4n) is 1.19. The number of methoxy groups -OCH3 is 1. The van der Waals surface area contributed by atoms with E-state index in [1.807, 2.05) is 0 Å². The van der Waals surface area contributed by atoms with E-state index in [4.69, 9.17) is 10.5 Å². The Labute approximate surface area is 81.7 Å². The number of hydrogen-bond acceptors (Lipinski definition) is 3. The predicted molar refractivity (Wildman–Crippen MR) is 51.6 cm³/mol. The molecule has 74 valence electrons. The van der Waals surface area contributed by atoms with E-state index < -0.39 is 5.91 Å². The van der Waals surface area contributed by atoms with Crippen molar-refractivity contribution >= 4 is 12.2 Å². The van der Waals surface area contributed by atoms with E-state index in [1.165, 1.54) is 19.2 Å². The normalized spacial score (nSPS) is 9.57. The second-order valence-corrected chi connectivity index (χ2v) is 2.87. The van der Waals surface area contributed by atoms with Gasteiger partial charge in [-0.2, -0.15) is 0 Å². The molecule has 0 unspecified atom stereocenters. The van der Waals surface area contributed by atoms with Crippen LogP contribution in [-0.4, -0.2) is 19.3 Å². The van der Waals surface area contributed by atoms with Crippen LogP contribution in [0.3, 0.4) is 0 Å². The van der Waals surface area contributed by atoms with Crippen molar-refractivity contribution in [1.82, 2.24) is 0 Å². The van der Waals surface area contributed by atoms with Crippen molar-refractivity contribution in [3.63, 3.8) is 0 Å². The summed E-state index contributed by atoms with van der Waals surface area (Å²) in [7, 11) is 1.47. The minimum Gasteiger partial charge on any atom is -0.496 e. The summed E-state index contributed by atoms with van der Waals surface area (Å²) >= 11 is 0. The zero-order valence-corrected chi connectivity index (χ0v) is 8.03. The highest BCUT2D eigenvalue weighted by atomic mass is 16.5. The monoisotopic (exact) mass is 193 g/mol. The fourth-order valence-corrected chi connectivity index (χ4v) is 1.19. The number of primary amides is 1. The van der Waals surface area contributed by atoms with Gasteiger partial charge in [-0.15, -0.1) is 0 Å². The van der Waals surface area contributed by atoms with Gasteiger partial charge in [0.25, 0.3) is 0 Å². The van der Waals surface area contributed by atoms with Gasteiger partial charge in [0.2, 0.25) is 5.91 Å². The lowest BCUT2D eigenvalue weighted by molar-refractivity contribution is 0.1000. The van der Waals surface area contributed by atoms with Crippen molar-refractivity contribution in [2.24, 2.45) is 5.73 Å². The minimum absolute atomic E-state index is 0.273. The van der Waals surface area contributed by atoms with Crippen LogP contribution in [0.2, 0.25) is 0 Å². The first-order chi connectivity index (χ1) is 6.60. The van der Waals surface area contributed by atoms with Crippen LogP contribution < -0.4 is 10.5 Å². The lowest BCUT2D eigenvalue weighted by Crippen LogP contribution is -2.12. The molecule has 1 amide bonds. The molecule has 0 saturated heterocycles. The van der Waals surface area contributed by atoms with Crippen molar-refractivity contribution in [3.05, 3.63) is 28.8 Å². The highest BCUT2D eigenvalue weighted by Gasteiger charge is 2.09. The summed E-state index contributed by atoms with van der Waals surface area (Å²) in [6, 6.07) is 2.97. The largest absolute Gasteiger partial charge is 0.496 e. The van der Waals surface area contributed by atoms with Gasteiger partial charge in [-0.05, 0) is 19.1 Å². The number of carbonyl (C=O) groups is 2. The third-order valence-electron chi connectivity index (χ3n) is 2.03. The summed E-state index contributed by atoms with van der Waals surface area (Å²) in [5, 5.41) is 0. The van der Waals surface area contributed by atoms with Crippen molar-refractivity contribution in [3.8, 4) is 5.75 Å². The second-order valence-electron chi connectivity index (χ2n) is 2.87. The molecule has 14 heavy (non-hydrogen) atoms. The Morgan fingerprint density at radius 3 is 2.57 bits per heavy atom. The molecule has 4 heteroatoms. The molecular weight excluding hydrogens is 182 g/mol. The molecule has 4 nitrogen and oxygen atoms in total. The van der Waals surface area contributed by atoms with Gasteiger partial charge >= 0.3 is 0 Å². The first kappa shape index (κ1) is 10.2. The smallest absolute Gasteiger partial charge is 0.248 e. The lowest BCUT2D eigenvalue weighted by Gasteiger charge is -2.08. The summed E-state index contributed by atoms with van der Waals surface area (Å²) in [4.78, 5) is 21.6. The number of benzene rings is 1. The van der Waals surface area contributed by atoms with Crippen LogP contribution in [-0.2, 0) is 0 Å². The Bertz CT molecular complexity index is 385. The van der Waals surface area contributed by atoms with Gasteiger partial charge in [-0.25, -0.2) is 0 Å². The Balaban J connectivity index is 3.39. The molecule has 0 fully saturated rings. The van der Waals surface area contributed by atoms with Crippen LogP contribution in [0, 0.1) is 6.92 Å². The molecule has 0 saturated carbocycles. The first-order valence-corrected chi connectivity index (χ1v) is 4.03. The second kappa shape index (κ2) is 3.91. The predicted octanol–water partition coefficient (Wildman–Crippen LogP) is 0.915. The average Bonchev–Trinajstić information content (AvgIpc) is 2.17. The van der Waals surface area contributed by atoms with Crippen molar-refractivity contribution in [2.75, 3.05) is 7.11 Å². The molecule has 0 bridgehead atoms. The molecule has 0 aliphatic rings. The summed E-state index contributed by atoms with van der Waals surface area (Å²) in [5.74, 6) is -0.0881. The summed E-state index contributed by atoms with van der Waals surface area (Å²) in [5.41, 5.74) is 6.49. The standard InChI is InChI=1S/C10H11NO3/c1-6-8(5-12)3-7(10(11)13)4-9(6)14-2/h3-5H,1-2H3,(H2,11,13). The molecule has 0 aliphatic carbocycles. The van der Waals surface area contributed by atoms with Gasteiger partial charge in [0.1, 0.15) is 12.0 Å². The van der Waals surface area contributed by atoms with E-state index in [0.717, 1.165) is 0 Å². The molecule has 1 aromatic rings. The number of ether oxygens (including phenoxy) is 1. The van der Waals surface area contributed by atoms with E-state index >= 15 is 0 Å². The van der Waals surface area contributed by atoms with E-state index in [0.29, 0.717) is 23.2 Å². The number of carbonyl (C=O) groups excluding carboxylic acids is 2. The van der Waals surface area contributed by atoms with Gasteiger partial charge < -0.3 is 10.5 Å². The van der Waals surface area contributed by atoms with Gasteiger partial charge in [-0.1, -0.05) is 0 Å². The first-order valence-electron chi connectivity index (χ1n) is 4.03. The third-order valence-corrected chi connectivity index (χ3v) is 2.03. The van der Waals surface area contributed by atoms with Gasteiger partial charge in [0.05, 0.1) is 7.11 Å². The fraction of sp³-hybridized carbons (Fsp3) is 0.200. The molecule has 0 spiro atoms. The minimum atomic E-state index is -0.577. The number of aldehydes is 1. The number of amides is 1. The Hall–Kier alpha value is -1.84. The maximum atomic E-state index is 10.9. The van der Waals surface area contributed by atoms with E-state index in [2.05, 4.69) is 0 Å². The van der Waals surface area contributed by atoms with Crippen LogP contribution in [0.5, 0.6) is 5.75 Å². The topological polar surface area (TPSA) is 69.4 Å². The molecule has 1 aromatic carbocycles. The molecule has 0 atom stereocenters. The number of nitrogens with two attached hydrogens (primary N) is 1. The van der Waals surface area contributed by atoms with E-state index in [9.17, 15) is 9.59 Å². The van der Waals surface area contributed by atoms with Gasteiger partial charge in [0, 0.05) is 16.7 Å². The van der Waals surface area contributed by atoms with E-state index in [1.54, 1.807) is 6.92 Å². The van der Waals surface area contributed by atoms with E-state index in [-0.39, 0.29) is 5.56 Å². The molecule has 0 aromatic heterocycles. The highest BCUT2D eigenvalue weighted by Crippen LogP contribution is 2.22. The third kappa shape index (κ3) is 1.74. The summed E-state index contributed by atoms with van der Waals surface area (Å²) in [6.07, 6.45) is 0.671. The zero-order chi connectivity index (χ0) is 10.7.